The predicted octanol–water partition coefficient (Wildman–Crippen LogP) is 6.08. The third-order valence-corrected chi connectivity index (χ3v) is 6.31. The van der Waals surface area contributed by atoms with Crippen molar-refractivity contribution in [3.05, 3.63) is 39.8 Å². The Kier molecular flexibility index (Phi) is 5.61. The van der Waals surface area contributed by atoms with Crippen molar-refractivity contribution in [1.82, 2.24) is 4.98 Å². The largest absolute Gasteiger partial charge is 0.493 e. The number of thiazole rings is 1. The van der Waals surface area contributed by atoms with Crippen molar-refractivity contribution in [1.29, 1.82) is 0 Å². The van der Waals surface area contributed by atoms with E-state index in [2.05, 4.69) is 51.7 Å². The molecule has 0 saturated heterocycles. The van der Waals surface area contributed by atoms with Gasteiger partial charge in [0.1, 0.15) is 11.6 Å². The molecular weight excluding hydrogens is 342 g/mol. The van der Waals surface area contributed by atoms with Gasteiger partial charge in [-0.1, -0.05) is 34.6 Å². The van der Waals surface area contributed by atoms with Gasteiger partial charge in [-0.15, -0.1) is 11.3 Å². The first-order chi connectivity index (χ1) is 12.3. The zero-order valence-corrected chi connectivity index (χ0v) is 17.7. The van der Waals surface area contributed by atoms with E-state index < -0.39 is 0 Å². The molecule has 0 saturated carbocycles. The number of hydrogen-bond donors (Lipinski definition) is 0. The van der Waals surface area contributed by atoms with Crippen molar-refractivity contribution >= 4 is 11.3 Å². The first-order valence-corrected chi connectivity index (χ1v) is 10.4. The third-order valence-electron chi connectivity index (χ3n) is 5.56. The Bertz CT molecular complexity index is 731. The Morgan fingerprint density at radius 1 is 1.23 bits per heavy atom. The van der Waals surface area contributed by atoms with E-state index in [0.29, 0.717) is 24.4 Å². The molecule has 0 bridgehead atoms. The molecule has 0 fully saturated rings. The van der Waals surface area contributed by atoms with Crippen LogP contribution in [0.1, 0.15) is 63.1 Å². The van der Waals surface area contributed by atoms with Crippen LogP contribution in [0.15, 0.2) is 23.7 Å². The molecule has 0 aliphatic heterocycles. The quantitative estimate of drug-likeness (QED) is 0.636. The Morgan fingerprint density at radius 2 is 2.00 bits per heavy atom. The summed E-state index contributed by atoms with van der Waals surface area (Å²) >= 11 is 1.61. The van der Waals surface area contributed by atoms with E-state index >= 15 is 0 Å². The second-order valence-corrected chi connectivity index (χ2v) is 9.69. The molecule has 1 aliphatic rings. The van der Waals surface area contributed by atoms with Crippen LogP contribution < -0.4 is 9.47 Å². The van der Waals surface area contributed by atoms with E-state index in [1.807, 2.05) is 11.6 Å². The van der Waals surface area contributed by atoms with Crippen LogP contribution in [0.5, 0.6) is 11.5 Å². The molecule has 1 heterocycles. The van der Waals surface area contributed by atoms with E-state index in [9.17, 15) is 0 Å². The van der Waals surface area contributed by atoms with E-state index in [0.717, 1.165) is 22.9 Å². The lowest BCUT2D eigenvalue weighted by atomic mass is 9.61. The van der Waals surface area contributed by atoms with E-state index in [-0.39, 0.29) is 5.41 Å². The molecule has 0 N–H and O–H groups in total. The molecule has 142 valence electrons. The molecule has 0 radical (unpaired) electrons. The lowest BCUT2D eigenvalue weighted by molar-refractivity contribution is 0.169. The highest BCUT2D eigenvalue weighted by atomic mass is 32.1. The molecular formula is C22H31NO2S. The summed E-state index contributed by atoms with van der Waals surface area (Å²) in [7, 11) is 1.73. The van der Waals surface area contributed by atoms with Crippen molar-refractivity contribution < 1.29 is 9.47 Å². The summed E-state index contributed by atoms with van der Waals surface area (Å²) in [6, 6.07) is 4.44. The number of hydrogen-bond acceptors (Lipinski definition) is 4. The molecule has 2 aromatic rings. The Hall–Kier alpha value is -1.55. The smallest absolute Gasteiger partial charge is 0.162 e. The van der Waals surface area contributed by atoms with Gasteiger partial charge in [0.25, 0.3) is 0 Å². The SMILES string of the molecule is COc1cc2c(cc1OCc1nccs1)CCC(C(C)C)C2C(C)(C)C. The third kappa shape index (κ3) is 3.90. The Morgan fingerprint density at radius 3 is 2.58 bits per heavy atom. The summed E-state index contributed by atoms with van der Waals surface area (Å²) in [4.78, 5) is 4.30. The fraction of sp³-hybridized carbons (Fsp3) is 0.591. The highest BCUT2D eigenvalue weighted by Crippen LogP contribution is 2.51. The number of benzene rings is 1. The van der Waals surface area contributed by atoms with Crippen molar-refractivity contribution in [2.45, 2.75) is 60.0 Å². The molecule has 2 atom stereocenters. The van der Waals surface area contributed by atoms with Gasteiger partial charge < -0.3 is 9.47 Å². The number of aryl methyl sites for hydroxylation is 1. The minimum atomic E-state index is 0.221. The minimum absolute atomic E-state index is 0.221. The number of fused-ring (bicyclic) bond motifs is 1. The van der Waals surface area contributed by atoms with E-state index in [4.69, 9.17) is 9.47 Å². The van der Waals surface area contributed by atoms with Gasteiger partial charge >= 0.3 is 0 Å². The van der Waals surface area contributed by atoms with Crippen LogP contribution in [-0.4, -0.2) is 12.1 Å². The minimum Gasteiger partial charge on any atom is -0.493 e. The number of rotatable bonds is 5. The zero-order valence-electron chi connectivity index (χ0n) is 16.8. The Labute approximate surface area is 161 Å². The average molecular weight is 374 g/mol. The fourth-order valence-corrected chi connectivity index (χ4v) is 4.93. The van der Waals surface area contributed by atoms with Gasteiger partial charge in [-0.3, -0.25) is 0 Å². The van der Waals surface area contributed by atoms with Gasteiger partial charge in [0.2, 0.25) is 0 Å². The summed E-state index contributed by atoms with van der Waals surface area (Å²) in [5.41, 5.74) is 3.08. The lowest BCUT2D eigenvalue weighted by Gasteiger charge is -2.44. The van der Waals surface area contributed by atoms with Crippen molar-refractivity contribution in [3.63, 3.8) is 0 Å². The van der Waals surface area contributed by atoms with Crippen LogP contribution in [0.4, 0.5) is 0 Å². The second kappa shape index (κ2) is 7.59. The zero-order chi connectivity index (χ0) is 18.9. The summed E-state index contributed by atoms with van der Waals surface area (Å²) in [5.74, 6) is 3.58. The van der Waals surface area contributed by atoms with Gasteiger partial charge in [-0.05, 0) is 59.3 Å². The maximum absolute atomic E-state index is 6.06. The van der Waals surface area contributed by atoms with Gasteiger partial charge in [-0.25, -0.2) is 4.98 Å². The number of aromatic nitrogens is 1. The van der Waals surface area contributed by atoms with Crippen LogP contribution in [-0.2, 0) is 13.0 Å². The number of methoxy groups -OCH3 is 1. The molecule has 2 unspecified atom stereocenters. The van der Waals surface area contributed by atoms with Crippen molar-refractivity contribution in [2.24, 2.45) is 17.3 Å². The highest BCUT2D eigenvalue weighted by molar-refractivity contribution is 7.09. The maximum Gasteiger partial charge on any atom is 0.162 e. The summed E-state index contributed by atoms with van der Waals surface area (Å²) in [6.07, 6.45) is 4.17. The van der Waals surface area contributed by atoms with Crippen LogP contribution in [0.25, 0.3) is 0 Å². The van der Waals surface area contributed by atoms with Crippen LogP contribution in [0.3, 0.4) is 0 Å². The maximum atomic E-state index is 6.06. The molecule has 1 aliphatic carbocycles. The van der Waals surface area contributed by atoms with Gasteiger partial charge in [0, 0.05) is 11.6 Å². The first-order valence-electron chi connectivity index (χ1n) is 9.53. The molecule has 3 nitrogen and oxygen atoms in total. The highest BCUT2D eigenvalue weighted by Gasteiger charge is 2.39. The Balaban J connectivity index is 1.96. The van der Waals surface area contributed by atoms with Gasteiger partial charge in [0.05, 0.1) is 7.11 Å². The fourth-order valence-electron chi connectivity index (χ4n) is 4.41. The van der Waals surface area contributed by atoms with Crippen LogP contribution in [0.2, 0.25) is 0 Å². The van der Waals surface area contributed by atoms with Crippen LogP contribution in [0, 0.1) is 17.3 Å². The molecule has 1 aromatic heterocycles. The summed E-state index contributed by atoms with van der Waals surface area (Å²) in [5, 5.41) is 2.96. The first kappa shape index (κ1) is 19.2. The normalized spacial score (nSPS) is 20.1. The van der Waals surface area contributed by atoms with Gasteiger partial charge in [-0.2, -0.15) is 0 Å². The topological polar surface area (TPSA) is 31.4 Å². The summed E-state index contributed by atoms with van der Waals surface area (Å²) < 4.78 is 11.8. The molecule has 26 heavy (non-hydrogen) atoms. The standard InChI is InChI=1S/C22H31NO2S/c1-14(2)16-8-7-15-11-19(25-13-20-23-9-10-26-20)18(24-6)12-17(15)21(16)22(3,4)5/h9-12,14,16,21H,7-8,13H2,1-6H3. The molecule has 0 spiro atoms. The molecule has 4 heteroatoms. The second-order valence-electron chi connectivity index (χ2n) is 8.71. The molecule has 1 aromatic carbocycles. The number of ether oxygens (including phenoxy) is 2. The van der Waals surface area contributed by atoms with Crippen LogP contribution >= 0.6 is 11.3 Å². The van der Waals surface area contributed by atoms with E-state index in [1.54, 1.807) is 18.4 Å². The average Bonchev–Trinajstić information content (AvgIpc) is 3.10. The van der Waals surface area contributed by atoms with Gasteiger partial charge in [0.15, 0.2) is 11.5 Å². The van der Waals surface area contributed by atoms with Crippen molar-refractivity contribution in [2.75, 3.05) is 7.11 Å². The molecule has 0 amide bonds. The van der Waals surface area contributed by atoms with Crippen molar-refractivity contribution in [3.8, 4) is 11.5 Å². The molecule has 3 rings (SSSR count). The lowest BCUT2D eigenvalue weighted by Crippen LogP contribution is -2.33. The van der Waals surface area contributed by atoms with E-state index in [1.165, 1.54) is 17.5 Å². The summed E-state index contributed by atoms with van der Waals surface area (Å²) in [6.45, 7) is 12.3. The monoisotopic (exact) mass is 373 g/mol. The predicted molar refractivity (Wildman–Crippen MR) is 108 cm³/mol. The number of nitrogens with zero attached hydrogens (tertiary/aromatic N) is 1.